The molecule has 2 aliphatic carbocycles. The first-order valence-electron chi connectivity index (χ1n) is 8.74. The first-order valence-corrected chi connectivity index (χ1v) is 8.74. The highest BCUT2D eigenvalue weighted by Crippen LogP contribution is 2.45. The lowest BCUT2D eigenvalue weighted by molar-refractivity contribution is 0.0464. The molecule has 0 spiro atoms. The molecule has 3 aliphatic rings. The molecule has 1 aliphatic heterocycles. The van der Waals surface area contributed by atoms with Crippen LogP contribution in [-0.4, -0.2) is 29.6 Å². The fraction of sp³-hybridized carbons (Fsp3) is 1.00. The molecular formula is C17H32N2. The number of hydrogen-bond acceptors (Lipinski definition) is 2. The van der Waals surface area contributed by atoms with Gasteiger partial charge in [0.25, 0.3) is 0 Å². The van der Waals surface area contributed by atoms with Gasteiger partial charge in [-0.3, -0.25) is 4.90 Å². The number of nitrogens with two attached hydrogens (primary N) is 1. The second-order valence-corrected chi connectivity index (χ2v) is 7.50. The Morgan fingerprint density at radius 1 is 1.16 bits per heavy atom. The summed E-state index contributed by atoms with van der Waals surface area (Å²) in [6, 6.07) is 0.885. The highest BCUT2D eigenvalue weighted by molar-refractivity contribution is 5.03. The molecule has 2 N–H and O–H groups in total. The fourth-order valence-corrected chi connectivity index (χ4v) is 5.27. The minimum absolute atomic E-state index is 0.377. The molecule has 3 fully saturated rings. The molecule has 3 rings (SSSR count). The predicted molar refractivity (Wildman–Crippen MR) is 81.1 cm³/mol. The molecule has 110 valence electrons. The van der Waals surface area contributed by atoms with Crippen molar-refractivity contribution in [1.29, 1.82) is 0 Å². The Balaban J connectivity index is 1.69. The Morgan fingerprint density at radius 3 is 2.68 bits per heavy atom. The van der Waals surface area contributed by atoms with Crippen LogP contribution >= 0.6 is 0 Å². The van der Waals surface area contributed by atoms with Crippen LogP contribution in [0.5, 0.6) is 0 Å². The largest absolute Gasteiger partial charge is 0.329 e. The van der Waals surface area contributed by atoms with Crippen molar-refractivity contribution in [2.75, 3.05) is 13.1 Å². The Hall–Kier alpha value is -0.0800. The van der Waals surface area contributed by atoms with Crippen molar-refractivity contribution in [3.63, 3.8) is 0 Å². The fourth-order valence-electron chi connectivity index (χ4n) is 5.27. The van der Waals surface area contributed by atoms with E-state index in [0.29, 0.717) is 5.54 Å². The lowest BCUT2D eigenvalue weighted by atomic mass is 9.85. The van der Waals surface area contributed by atoms with Gasteiger partial charge in [0.1, 0.15) is 0 Å². The predicted octanol–water partition coefficient (Wildman–Crippen LogP) is 3.55. The molecule has 0 aromatic rings. The normalized spacial score (nSPS) is 43.6. The van der Waals surface area contributed by atoms with E-state index < -0.39 is 0 Å². The van der Waals surface area contributed by atoms with Crippen LogP contribution in [0.2, 0.25) is 0 Å². The minimum atomic E-state index is 0.377. The lowest BCUT2D eigenvalue weighted by Crippen LogP contribution is -2.56. The summed E-state index contributed by atoms with van der Waals surface area (Å²) in [5.41, 5.74) is 6.67. The number of hydrogen-bond donors (Lipinski definition) is 1. The van der Waals surface area contributed by atoms with E-state index in [2.05, 4.69) is 11.8 Å². The summed E-state index contributed by atoms with van der Waals surface area (Å²) in [7, 11) is 0. The molecule has 2 saturated carbocycles. The van der Waals surface area contributed by atoms with Crippen molar-refractivity contribution < 1.29 is 0 Å². The average Bonchev–Trinajstić information content (AvgIpc) is 2.99. The molecule has 0 amide bonds. The van der Waals surface area contributed by atoms with E-state index >= 15 is 0 Å². The van der Waals surface area contributed by atoms with Gasteiger partial charge in [-0.05, 0) is 50.4 Å². The molecule has 1 heterocycles. The molecule has 1 saturated heterocycles. The van der Waals surface area contributed by atoms with Gasteiger partial charge in [0.05, 0.1) is 0 Å². The average molecular weight is 264 g/mol. The van der Waals surface area contributed by atoms with Crippen molar-refractivity contribution in [2.45, 2.75) is 82.7 Å². The Bertz CT molecular complexity index is 304. The van der Waals surface area contributed by atoms with Crippen LogP contribution in [0, 0.1) is 11.8 Å². The summed E-state index contributed by atoms with van der Waals surface area (Å²) in [6.07, 6.45) is 14.2. The number of piperidine rings is 1. The van der Waals surface area contributed by atoms with Gasteiger partial charge in [-0.1, -0.05) is 32.6 Å². The number of likely N-dealkylation sites (tertiary alicyclic amines) is 1. The van der Waals surface area contributed by atoms with E-state index in [0.717, 1.165) is 24.4 Å². The summed E-state index contributed by atoms with van der Waals surface area (Å²) >= 11 is 0. The quantitative estimate of drug-likeness (QED) is 0.787. The van der Waals surface area contributed by atoms with E-state index in [1.54, 1.807) is 0 Å². The van der Waals surface area contributed by atoms with Gasteiger partial charge in [-0.25, -0.2) is 0 Å². The number of nitrogens with zero attached hydrogens (tertiary/aromatic N) is 1. The maximum atomic E-state index is 6.30. The van der Waals surface area contributed by atoms with Crippen LogP contribution in [0.3, 0.4) is 0 Å². The standard InChI is InChI=1S/C17H32N2/c1-2-4-14-5-3-9-17(13-18,10-8-14)19-12-15-6-7-16(19)11-15/h14-16H,2-13,18H2,1H3. The Kier molecular flexibility index (Phi) is 4.19. The molecule has 2 bridgehead atoms. The zero-order chi connectivity index (χ0) is 13.3. The monoisotopic (exact) mass is 264 g/mol. The Labute approximate surface area is 119 Å². The second kappa shape index (κ2) is 5.73. The van der Waals surface area contributed by atoms with Crippen LogP contribution in [0.25, 0.3) is 0 Å². The summed E-state index contributed by atoms with van der Waals surface area (Å²) < 4.78 is 0. The van der Waals surface area contributed by atoms with E-state index in [-0.39, 0.29) is 0 Å². The van der Waals surface area contributed by atoms with Gasteiger partial charge in [0.2, 0.25) is 0 Å². The van der Waals surface area contributed by atoms with Crippen LogP contribution in [0.4, 0.5) is 0 Å². The molecule has 0 aromatic carbocycles. The SMILES string of the molecule is CCCC1CCCC(CN)(N2CC3CCC2C3)CC1. The molecule has 2 nitrogen and oxygen atoms in total. The topological polar surface area (TPSA) is 29.3 Å². The van der Waals surface area contributed by atoms with E-state index in [1.807, 2.05) is 0 Å². The van der Waals surface area contributed by atoms with Gasteiger partial charge >= 0.3 is 0 Å². The molecular weight excluding hydrogens is 232 g/mol. The molecule has 0 radical (unpaired) electrons. The summed E-state index contributed by atoms with van der Waals surface area (Å²) in [5.74, 6) is 1.99. The maximum Gasteiger partial charge on any atom is 0.0334 e. The summed E-state index contributed by atoms with van der Waals surface area (Å²) in [4.78, 5) is 2.87. The Morgan fingerprint density at radius 2 is 2.05 bits per heavy atom. The minimum Gasteiger partial charge on any atom is -0.329 e. The third-order valence-electron chi connectivity index (χ3n) is 6.37. The van der Waals surface area contributed by atoms with Crippen molar-refractivity contribution >= 4 is 0 Å². The van der Waals surface area contributed by atoms with Crippen LogP contribution in [-0.2, 0) is 0 Å². The zero-order valence-corrected chi connectivity index (χ0v) is 12.7. The van der Waals surface area contributed by atoms with Crippen LogP contribution in [0.1, 0.15) is 71.1 Å². The first-order chi connectivity index (χ1) is 9.27. The number of fused-ring (bicyclic) bond motifs is 2. The van der Waals surface area contributed by atoms with Crippen molar-refractivity contribution in [2.24, 2.45) is 17.6 Å². The molecule has 19 heavy (non-hydrogen) atoms. The molecule has 0 aromatic heterocycles. The summed E-state index contributed by atoms with van der Waals surface area (Å²) in [5, 5.41) is 0. The van der Waals surface area contributed by atoms with E-state index in [9.17, 15) is 0 Å². The highest BCUT2D eigenvalue weighted by atomic mass is 15.3. The summed E-state index contributed by atoms with van der Waals surface area (Å²) in [6.45, 7) is 4.59. The van der Waals surface area contributed by atoms with Crippen molar-refractivity contribution in [3.05, 3.63) is 0 Å². The van der Waals surface area contributed by atoms with E-state index in [1.165, 1.54) is 70.8 Å². The number of rotatable bonds is 4. The van der Waals surface area contributed by atoms with Gasteiger partial charge in [-0.15, -0.1) is 0 Å². The molecule has 4 atom stereocenters. The lowest BCUT2D eigenvalue weighted by Gasteiger charge is -2.45. The van der Waals surface area contributed by atoms with Gasteiger partial charge in [0, 0.05) is 24.7 Å². The molecule has 4 unspecified atom stereocenters. The third kappa shape index (κ3) is 2.58. The van der Waals surface area contributed by atoms with Crippen molar-refractivity contribution in [3.8, 4) is 0 Å². The van der Waals surface area contributed by atoms with Gasteiger partial charge in [-0.2, -0.15) is 0 Å². The van der Waals surface area contributed by atoms with Crippen molar-refractivity contribution in [1.82, 2.24) is 4.90 Å². The first kappa shape index (κ1) is 13.9. The zero-order valence-electron chi connectivity index (χ0n) is 12.7. The van der Waals surface area contributed by atoms with Crippen LogP contribution < -0.4 is 5.73 Å². The second-order valence-electron chi connectivity index (χ2n) is 7.50. The van der Waals surface area contributed by atoms with E-state index in [4.69, 9.17) is 5.73 Å². The highest BCUT2D eigenvalue weighted by Gasteiger charge is 2.47. The van der Waals surface area contributed by atoms with Gasteiger partial charge in [0.15, 0.2) is 0 Å². The van der Waals surface area contributed by atoms with Gasteiger partial charge < -0.3 is 5.73 Å². The maximum absolute atomic E-state index is 6.30. The smallest absolute Gasteiger partial charge is 0.0334 e. The molecule has 2 heteroatoms. The van der Waals surface area contributed by atoms with Crippen LogP contribution in [0.15, 0.2) is 0 Å². The third-order valence-corrected chi connectivity index (χ3v) is 6.37.